The number of rotatable bonds is 5. The summed E-state index contributed by atoms with van der Waals surface area (Å²) in [5.41, 5.74) is 1.21. The molecule has 3 aromatic rings. The summed E-state index contributed by atoms with van der Waals surface area (Å²) in [6.07, 6.45) is 0. The van der Waals surface area contributed by atoms with E-state index >= 15 is 0 Å². The third kappa shape index (κ3) is 4.67. The summed E-state index contributed by atoms with van der Waals surface area (Å²) in [4.78, 5) is 16.4. The number of benzene rings is 2. The van der Waals surface area contributed by atoms with E-state index in [9.17, 15) is 4.79 Å². The van der Waals surface area contributed by atoms with Crippen LogP contribution < -0.4 is 5.32 Å². The SMILES string of the molecule is O=C(CSc1n[nH]c(-c2ccccc2Cl)n1)Nc1cc(Cl)ccc1Cl. The number of nitrogens with zero attached hydrogens (tertiary/aromatic N) is 2. The molecule has 128 valence electrons. The Kier molecular flexibility index (Phi) is 5.86. The molecule has 9 heteroatoms. The number of hydrogen-bond donors (Lipinski definition) is 2. The predicted molar refractivity (Wildman–Crippen MR) is 103 cm³/mol. The molecule has 0 fully saturated rings. The number of aromatic nitrogens is 3. The highest BCUT2D eigenvalue weighted by molar-refractivity contribution is 7.99. The number of thioether (sulfide) groups is 1. The highest BCUT2D eigenvalue weighted by atomic mass is 35.5. The molecule has 0 unspecified atom stereocenters. The minimum atomic E-state index is -0.238. The smallest absolute Gasteiger partial charge is 0.234 e. The van der Waals surface area contributed by atoms with E-state index in [0.717, 1.165) is 5.56 Å². The molecular weight excluding hydrogens is 403 g/mol. The van der Waals surface area contributed by atoms with Crippen molar-refractivity contribution in [3.8, 4) is 11.4 Å². The van der Waals surface area contributed by atoms with Crippen molar-refractivity contribution in [2.24, 2.45) is 0 Å². The monoisotopic (exact) mass is 412 g/mol. The van der Waals surface area contributed by atoms with Crippen molar-refractivity contribution < 1.29 is 4.79 Å². The number of carbonyl (C=O) groups excluding carboxylic acids is 1. The number of carbonyl (C=O) groups is 1. The summed E-state index contributed by atoms with van der Waals surface area (Å²) in [6.45, 7) is 0. The van der Waals surface area contributed by atoms with Crippen LogP contribution in [-0.4, -0.2) is 26.8 Å². The van der Waals surface area contributed by atoms with Crippen molar-refractivity contribution >= 4 is 58.2 Å². The molecule has 0 aliphatic heterocycles. The van der Waals surface area contributed by atoms with E-state index in [2.05, 4.69) is 20.5 Å². The number of aromatic amines is 1. The lowest BCUT2D eigenvalue weighted by atomic mass is 10.2. The summed E-state index contributed by atoms with van der Waals surface area (Å²) in [6, 6.07) is 12.2. The predicted octanol–water partition coefficient (Wildman–Crippen LogP) is 5.16. The van der Waals surface area contributed by atoms with Crippen LogP contribution in [0, 0.1) is 0 Å². The maximum Gasteiger partial charge on any atom is 0.234 e. The summed E-state index contributed by atoms with van der Waals surface area (Å²) in [7, 11) is 0. The van der Waals surface area contributed by atoms with Crippen LogP contribution in [0.15, 0.2) is 47.6 Å². The molecule has 0 bridgehead atoms. The van der Waals surface area contributed by atoms with Gasteiger partial charge in [-0.3, -0.25) is 9.89 Å². The molecule has 2 N–H and O–H groups in total. The zero-order valence-corrected chi connectivity index (χ0v) is 15.7. The van der Waals surface area contributed by atoms with E-state index in [4.69, 9.17) is 34.8 Å². The lowest BCUT2D eigenvalue weighted by molar-refractivity contribution is -0.113. The second kappa shape index (κ2) is 8.10. The van der Waals surface area contributed by atoms with E-state index in [-0.39, 0.29) is 11.7 Å². The van der Waals surface area contributed by atoms with Gasteiger partial charge in [0.15, 0.2) is 5.82 Å². The first-order chi connectivity index (χ1) is 12.0. The standard InChI is InChI=1S/C16H11Cl3N4OS/c17-9-5-6-12(19)13(7-9)20-14(24)8-25-16-21-15(22-23-16)10-3-1-2-4-11(10)18/h1-7H,8H2,(H,20,24)(H,21,22,23). The quantitative estimate of drug-likeness (QED) is 0.567. The number of nitrogens with one attached hydrogen (secondary N) is 2. The molecule has 0 saturated heterocycles. The summed E-state index contributed by atoms with van der Waals surface area (Å²) < 4.78 is 0. The maximum atomic E-state index is 12.1. The van der Waals surface area contributed by atoms with Gasteiger partial charge in [0.25, 0.3) is 0 Å². The van der Waals surface area contributed by atoms with Crippen molar-refractivity contribution in [1.82, 2.24) is 15.2 Å². The van der Waals surface area contributed by atoms with E-state index < -0.39 is 0 Å². The molecule has 0 radical (unpaired) electrons. The molecular formula is C16H11Cl3N4OS. The van der Waals surface area contributed by atoms with Gasteiger partial charge in [0.1, 0.15) is 0 Å². The molecule has 1 amide bonds. The molecule has 25 heavy (non-hydrogen) atoms. The third-order valence-corrected chi connectivity index (χ3v) is 4.87. The minimum absolute atomic E-state index is 0.128. The third-order valence-electron chi connectivity index (χ3n) is 3.13. The van der Waals surface area contributed by atoms with E-state index in [1.54, 1.807) is 24.3 Å². The van der Waals surface area contributed by atoms with Gasteiger partial charge < -0.3 is 5.32 Å². The van der Waals surface area contributed by atoms with Crippen LogP contribution in [0.1, 0.15) is 0 Å². The first-order valence-corrected chi connectivity index (χ1v) is 9.20. The Hall–Kier alpha value is -1.73. The highest BCUT2D eigenvalue weighted by Crippen LogP contribution is 2.27. The van der Waals surface area contributed by atoms with E-state index in [1.807, 2.05) is 18.2 Å². The van der Waals surface area contributed by atoms with Crippen molar-refractivity contribution in [1.29, 1.82) is 0 Å². The maximum absolute atomic E-state index is 12.1. The average Bonchev–Trinajstić information content (AvgIpc) is 3.05. The molecule has 0 spiro atoms. The fraction of sp³-hybridized carbons (Fsp3) is 0.0625. The number of amides is 1. The van der Waals surface area contributed by atoms with Crippen LogP contribution in [0.25, 0.3) is 11.4 Å². The number of halogens is 3. The van der Waals surface area contributed by atoms with Gasteiger partial charge >= 0.3 is 0 Å². The van der Waals surface area contributed by atoms with Gasteiger partial charge in [-0.1, -0.05) is 58.7 Å². The Balaban J connectivity index is 1.61. The zero-order chi connectivity index (χ0) is 17.8. The molecule has 0 atom stereocenters. The molecule has 0 aliphatic carbocycles. The summed E-state index contributed by atoms with van der Waals surface area (Å²) >= 11 is 19.2. The van der Waals surface area contributed by atoms with Crippen molar-refractivity contribution in [3.05, 3.63) is 57.5 Å². The Morgan fingerprint density at radius 2 is 1.92 bits per heavy atom. The zero-order valence-electron chi connectivity index (χ0n) is 12.6. The molecule has 0 saturated carbocycles. The second-order valence-electron chi connectivity index (χ2n) is 4.91. The fourth-order valence-corrected chi connectivity index (χ4v) is 3.15. The van der Waals surface area contributed by atoms with E-state index in [1.165, 1.54) is 11.8 Å². The lowest BCUT2D eigenvalue weighted by Gasteiger charge is -2.06. The van der Waals surface area contributed by atoms with Crippen molar-refractivity contribution in [2.45, 2.75) is 5.16 Å². The van der Waals surface area contributed by atoms with Crippen LogP contribution in [0.5, 0.6) is 0 Å². The number of hydrogen-bond acceptors (Lipinski definition) is 4. The van der Waals surface area contributed by atoms with Crippen LogP contribution in [0.3, 0.4) is 0 Å². The summed E-state index contributed by atoms with van der Waals surface area (Å²) in [5.74, 6) is 0.438. The van der Waals surface area contributed by atoms with Crippen LogP contribution in [0.2, 0.25) is 15.1 Å². The Morgan fingerprint density at radius 1 is 1.12 bits per heavy atom. The van der Waals surface area contributed by atoms with Gasteiger partial charge in [0, 0.05) is 10.6 Å². The lowest BCUT2D eigenvalue weighted by Crippen LogP contribution is -2.14. The number of H-pyrrole nitrogens is 1. The van der Waals surface area contributed by atoms with Gasteiger partial charge in [0.05, 0.1) is 21.5 Å². The highest BCUT2D eigenvalue weighted by Gasteiger charge is 2.12. The molecule has 2 aromatic carbocycles. The van der Waals surface area contributed by atoms with Gasteiger partial charge in [-0.15, -0.1) is 5.10 Å². The molecule has 5 nitrogen and oxygen atoms in total. The summed E-state index contributed by atoms with van der Waals surface area (Å²) in [5, 5.41) is 11.5. The normalized spacial score (nSPS) is 10.7. The van der Waals surface area contributed by atoms with Gasteiger partial charge in [-0.05, 0) is 30.3 Å². The van der Waals surface area contributed by atoms with Gasteiger partial charge in [-0.2, -0.15) is 0 Å². The Morgan fingerprint density at radius 3 is 2.72 bits per heavy atom. The second-order valence-corrected chi connectivity index (χ2v) is 7.10. The van der Waals surface area contributed by atoms with Gasteiger partial charge in [-0.25, -0.2) is 4.98 Å². The fourth-order valence-electron chi connectivity index (χ4n) is 1.99. The number of anilines is 1. The average molecular weight is 414 g/mol. The van der Waals surface area contributed by atoms with Crippen LogP contribution in [0.4, 0.5) is 5.69 Å². The molecule has 1 aromatic heterocycles. The Labute approximate surface area is 163 Å². The molecule has 1 heterocycles. The van der Waals surface area contributed by atoms with E-state index in [0.29, 0.717) is 31.7 Å². The minimum Gasteiger partial charge on any atom is -0.324 e. The first kappa shape index (κ1) is 18.1. The topological polar surface area (TPSA) is 70.7 Å². The molecule has 0 aliphatic rings. The van der Waals surface area contributed by atoms with Crippen LogP contribution in [-0.2, 0) is 4.79 Å². The van der Waals surface area contributed by atoms with Gasteiger partial charge in [0.2, 0.25) is 11.1 Å². The molecule has 3 rings (SSSR count). The van der Waals surface area contributed by atoms with Crippen LogP contribution >= 0.6 is 46.6 Å². The largest absolute Gasteiger partial charge is 0.324 e. The first-order valence-electron chi connectivity index (χ1n) is 7.08. The van der Waals surface area contributed by atoms with Crippen molar-refractivity contribution in [2.75, 3.05) is 11.1 Å². The van der Waals surface area contributed by atoms with Crippen molar-refractivity contribution in [3.63, 3.8) is 0 Å². The Bertz CT molecular complexity index is 916.